The Morgan fingerprint density at radius 2 is 1.66 bits per heavy atom. The fourth-order valence-electron chi connectivity index (χ4n) is 5.25. The molecular formula is C31H46NO5P. The number of aliphatic hydroxyl groups is 3. The highest BCUT2D eigenvalue weighted by atomic mass is 31.0. The van der Waals surface area contributed by atoms with E-state index < -0.39 is 12.2 Å². The SMILES string of the molecule is CC(P)CCCC(O)C(O)CCCCOC1=CC2C(C=C1)C=C(c1ccccc1)C(=O)N2C(C)CCCO. The number of allylic oxidation sites excluding steroid dienone is 1. The van der Waals surface area contributed by atoms with E-state index in [0.29, 0.717) is 37.1 Å². The van der Waals surface area contributed by atoms with Gasteiger partial charge in [0.15, 0.2) is 0 Å². The van der Waals surface area contributed by atoms with Crippen molar-refractivity contribution in [1.29, 1.82) is 0 Å². The minimum absolute atomic E-state index is 0.00786. The third-order valence-corrected chi connectivity index (χ3v) is 7.80. The van der Waals surface area contributed by atoms with Gasteiger partial charge in [0.1, 0.15) is 5.76 Å². The number of carbonyl (C=O) groups is 1. The second kappa shape index (κ2) is 15.6. The van der Waals surface area contributed by atoms with E-state index in [1.807, 2.05) is 54.3 Å². The lowest BCUT2D eigenvalue weighted by atomic mass is 9.83. The first-order valence-corrected chi connectivity index (χ1v) is 14.8. The zero-order chi connectivity index (χ0) is 27.5. The van der Waals surface area contributed by atoms with Crippen LogP contribution in [0.5, 0.6) is 0 Å². The molecule has 3 rings (SSSR count). The molecule has 0 saturated carbocycles. The van der Waals surface area contributed by atoms with Crippen molar-refractivity contribution in [3.63, 3.8) is 0 Å². The van der Waals surface area contributed by atoms with Gasteiger partial charge in [-0.2, -0.15) is 0 Å². The Balaban J connectivity index is 1.57. The van der Waals surface area contributed by atoms with Crippen molar-refractivity contribution in [2.24, 2.45) is 5.92 Å². The predicted octanol–water partition coefficient (Wildman–Crippen LogP) is 4.85. The van der Waals surface area contributed by atoms with Crippen molar-refractivity contribution < 1.29 is 24.9 Å². The second-order valence-corrected chi connectivity index (χ2v) is 11.9. The first-order chi connectivity index (χ1) is 18.3. The van der Waals surface area contributed by atoms with Crippen LogP contribution in [0.25, 0.3) is 5.57 Å². The molecule has 2 aliphatic rings. The van der Waals surface area contributed by atoms with Crippen molar-refractivity contribution in [3.8, 4) is 0 Å². The van der Waals surface area contributed by atoms with Crippen molar-refractivity contribution in [2.45, 2.75) is 95.2 Å². The molecule has 210 valence electrons. The molecule has 0 bridgehead atoms. The van der Waals surface area contributed by atoms with Crippen molar-refractivity contribution in [3.05, 3.63) is 66.0 Å². The second-order valence-electron chi connectivity index (χ2n) is 10.8. The monoisotopic (exact) mass is 543 g/mol. The fourth-order valence-corrected chi connectivity index (χ4v) is 5.48. The van der Waals surface area contributed by atoms with Gasteiger partial charge in [0.05, 0.1) is 24.9 Å². The summed E-state index contributed by atoms with van der Waals surface area (Å²) in [6.07, 6.45) is 12.9. The minimum Gasteiger partial charge on any atom is -0.494 e. The topological polar surface area (TPSA) is 90.2 Å². The van der Waals surface area contributed by atoms with Gasteiger partial charge in [0, 0.05) is 24.1 Å². The first-order valence-electron chi connectivity index (χ1n) is 14.2. The lowest BCUT2D eigenvalue weighted by Gasteiger charge is -2.43. The quantitative estimate of drug-likeness (QED) is 0.205. The molecule has 1 aliphatic carbocycles. The van der Waals surface area contributed by atoms with Gasteiger partial charge in [-0.05, 0) is 75.2 Å². The smallest absolute Gasteiger partial charge is 0.254 e. The number of amides is 1. The summed E-state index contributed by atoms with van der Waals surface area (Å²) in [7, 11) is 2.76. The summed E-state index contributed by atoms with van der Waals surface area (Å²) in [5.41, 5.74) is 2.16. The third-order valence-electron chi connectivity index (χ3n) is 7.46. The zero-order valence-corrected chi connectivity index (χ0v) is 24.1. The minimum atomic E-state index is -0.697. The summed E-state index contributed by atoms with van der Waals surface area (Å²) in [5.74, 6) is 0.813. The number of nitrogens with zero attached hydrogens (tertiary/aromatic N) is 1. The molecule has 0 aromatic heterocycles. The summed E-state index contributed by atoms with van der Waals surface area (Å²) in [5, 5.41) is 29.8. The van der Waals surface area contributed by atoms with Gasteiger partial charge < -0.3 is 25.0 Å². The van der Waals surface area contributed by atoms with E-state index in [4.69, 9.17) is 4.74 Å². The number of carbonyl (C=O) groups excluding carboxylic acids is 1. The van der Waals surface area contributed by atoms with Gasteiger partial charge in [-0.1, -0.05) is 55.8 Å². The van der Waals surface area contributed by atoms with Crippen LogP contribution < -0.4 is 0 Å². The molecule has 1 heterocycles. The molecule has 0 saturated heterocycles. The number of ether oxygens (including phenoxy) is 1. The highest BCUT2D eigenvalue weighted by molar-refractivity contribution is 7.17. The van der Waals surface area contributed by atoms with Crippen molar-refractivity contribution >= 4 is 20.7 Å². The molecule has 0 radical (unpaired) electrons. The lowest BCUT2D eigenvalue weighted by Crippen LogP contribution is -2.51. The van der Waals surface area contributed by atoms with Crippen LogP contribution >= 0.6 is 9.24 Å². The molecular weight excluding hydrogens is 497 g/mol. The average molecular weight is 544 g/mol. The largest absolute Gasteiger partial charge is 0.494 e. The summed E-state index contributed by atoms with van der Waals surface area (Å²) >= 11 is 0. The maximum atomic E-state index is 13.7. The number of benzene rings is 1. The average Bonchev–Trinajstić information content (AvgIpc) is 2.91. The Labute approximate surface area is 230 Å². The summed E-state index contributed by atoms with van der Waals surface area (Å²) in [4.78, 5) is 15.6. The molecule has 1 aromatic rings. The highest BCUT2D eigenvalue weighted by Gasteiger charge is 2.38. The van der Waals surface area contributed by atoms with Crippen LogP contribution in [0.4, 0.5) is 0 Å². The van der Waals surface area contributed by atoms with E-state index in [-0.39, 0.29) is 30.5 Å². The Kier molecular flexibility index (Phi) is 12.5. The van der Waals surface area contributed by atoms with Crippen molar-refractivity contribution in [1.82, 2.24) is 4.90 Å². The van der Waals surface area contributed by atoms with Crippen LogP contribution in [0.3, 0.4) is 0 Å². The standard InChI is InChI=1S/C31H46NO5P/c1-22(10-9-18-33)32-28-21-26(37-19-7-6-14-29(34)30(35)15-8-11-23(2)38)17-16-25(28)20-27(31(32)36)24-12-4-3-5-13-24/h3-5,12-13,16-17,20-23,25,28-30,33-35H,6-11,14-15,18-19,38H2,1-2H3. The molecule has 1 aliphatic heterocycles. The molecule has 3 N–H and O–H groups in total. The molecule has 38 heavy (non-hydrogen) atoms. The van der Waals surface area contributed by atoms with Crippen molar-refractivity contribution in [2.75, 3.05) is 13.2 Å². The van der Waals surface area contributed by atoms with Crippen LogP contribution in [0, 0.1) is 5.92 Å². The van der Waals surface area contributed by atoms with Gasteiger partial charge in [-0.25, -0.2) is 0 Å². The third kappa shape index (κ3) is 8.77. The lowest BCUT2D eigenvalue weighted by molar-refractivity contribution is -0.130. The normalized spacial score (nSPS) is 22.3. The van der Waals surface area contributed by atoms with Gasteiger partial charge in [0.2, 0.25) is 0 Å². The van der Waals surface area contributed by atoms with Gasteiger partial charge in [-0.3, -0.25) is 4.79 Å². The van der Waals surface area contributed by atoms with E-state index in [0.717, 1.165) is 43.4 Å². The summed E-state index contributed by atoms with van der Waals surface area (Å²) in [6, 6.07) is 9.63. The van der Waals surface area contributed by atoms with Crippen LogP contribution in [0.1, 0.15) is 70.8 Å². The van der Waals surface area contributed by atoms with Gasteiger partial charge in [-0.15, -0.1) is 9.24 Å². The maximum Gasteiger partial charge on any atom is 0.254 e. The summed E-state index contributed by atoms with van der Waals surface area (Å²) < 4.78 is 6.05. The maximum absolute atomic E-state index is 13.7. The molecule has 1 amide bonds. The van der Waals surface area contributed by atoms with E-state index in [1.165, 1.54) is 0 Å². The Bertz CT molecular complexity index is 960. The fraction of sp³-hybridized carbons (Fsp3) is 0.581. The molecule has 7 unspecified atom stereocenters. The van der Waals surface area contributed by atoms with Gasteiger partial charge in [0.25, 0.3) is 5.91 Å². The Morgan fingerprint density at radius 1 is 0.947 bits per heavy atom. The number of hydrogen-bond acceptors (Lipinski definition) is 5. The molecule has 7 heteroatoms. The van der Waals surface area contributed by atoms with Crippen LogP contribution in [0.2, 0.25) is 0 Å². The number of fused-ring (bicyclic) bond motifs is 1. The molecule has 0 fully saturated rings. The van der Waals surface area contributed by atoms with E-state index in [9.17, 15) is 20.1 Å². The molecule has 6 nitrogen and oxygen atoms in total. The molecule has 0 spiro atoms. The molecule has 7 atom stereocenters. The van der Waals surface area contributed by atoms with E-state index in [2.05, 4.69) is 28.3 Å². The van der Waals surface area contributed by atoms with Gasteiger partial charge >= 0.3 is 0 Å². The van der Waals surface area contributed by atoms with E-state index in [1.54, 1.807) is 0 Å². The van der Waals surface area contributed by atoms with E-state index >= 15 is 0 Å². The highest BCUT2D eigenvalue weighted by Crippen LogP contribution is 2.35. The number of unbranched alkanes of at least 4 members (excludes halogenated alkanes) is 1. The number of aliphatic hydroxyl groups excluding tert-OH is 3. The Hall–Kier alpha value is -1.98. The van der Waals surface area contributed by atoms with Crippen LogP contribution in [-0.2, 0) is 9.53 Å². The predicted molar refractivity (Wildman–Crippen MR) is 156 cm³/mol. The number of rotatable bonds is 16. The summed E-state index contributed by atoms with van der Waals surface area (Å²) in [6.45, 7) is 4.80. The zero-order valence-electron chi connectivity index (χ0n) is 22.9. The first kappa shape index (κ1) is 30.6. The number of hydrogen-bond donors (Lipinski definition) is 3. The Morgan fingerprint density at radius 3 is 2.34 bits per heavy atom. The molecule has 1 aromatic carbocycles. The van der Waals surface area contributed by atoms with Crippen LogP contribution in [0.15, 0.2) is 60.4 Å². The van der Waals surface area contributed by atoms with Crippen LogP contribution in [-0.4, -0.2) is 69.3 Å².